The minimum Gasteiger partial charge on any atom is -0.393 e. The van der Waals surface area contributed by atoms with E-state index in [1.807, 2.05) is 0 Å². The molecule has 0 spiro atoms. The maximum absolute atomic E-state index is 9.68. The van der Waals surface area contributed by atoms with Crippen LogP contribution in [0.15, 0.2) is 24.3 Å². The summed E-state index contributed by atoms with van der Waals surface area (Å²) in [6, 6.07) is 8.88. The third kappa shape index (κ3) is 4.46. The van der Waals surface area contributed by atoms with E-state index in [9.17, 15) is 5.11 Å². The van der Waals surface area contributed by atoms with Crippen molar-refractivity contribution < 1.29 is 5.11 Å². The second-order valence-electron chi connectivity index (χ2n) is 6.96. The number of hydrogen-bond acceptors (Lipinski definition) is 4. The van der Waals surface area contributed by atoms with Gasteiger partial charge in [-0.3, -0.25) is 9.80 Å². The lowest BCUT2D eigenvalue weighted by molar-refractivity contribution is 0.0793. The molecule has 0 amide bonds. The molecule has 2 heterocycles. The third-order valence-electron chi connectivity index (χ3n) is 5.20. The molecule has 0 aliphatic carbocycles. The molecule has 23 heavy (non-hydrogen) atoms. The van der Waals surface area contributed by atoms with Crippen molar-refractivity contribution in [1.29, 1.82) is 0 Å². The molecule has 0 atom stereocenters. The number of anilines is 1. The van der Waals surface area contributed by atoms with Gasteiger partial charge in [-0.1, -0.05) is 25.1 Å². The van der Waals surface area contributed by atoms with Crippen molar-refractivity contribution >= 4 is 5.69 Å². The van der Waals surface area contributed by atoms with Gasteiger partial charge in [0, 0.05) is 51.5 Å². The van der Waals surface area contributed by atoms with Crippen LogP contribution < -0.4 is 4.90 Å². The molecule has 0 unspecified atom stereocenters. The SMILES string of the molecule is CCCN1CCN(c2ccccc2CN2CCC(O)CC2)CC1. The molecule has 2 saturated heterocycles. The van der Waals surface area contributed by atoms with Gasteiger partial charge in [0.05, 0.1) is 6.10 Å². The van der Waals surface area contributed by atoms with Crippen LogP contribution in [0.25, 0.3) is 0 Å². The third-order valence-corrected chi connectivity index (χ3v) is 5.20. The van der Waals surface area contributed by atoms with Crippen LogP contribution in [0, 0.1) is 0 Å². The van der Waals surface area contributed by atoms with Gasteiger partial charge in [0.15, 0.2) is 0 Å². The van der Waals surface area contributed by atoms with Crippen molar-refractivity contribution in [1.82, 2.24) is 9.80 Å². The molecule has 4 heteroatoms. The Labute approximate surface area is 140 Å². The first-order chi connectivity index (χ1) is 11.3. The Balaban J connectivity index is 1.62. The topological polar surface area (TPSA) is 30.0 Å². The van der Waals surface area contributed by atoms with E-state index in [0.717, 1.165) is 45.6 Å². The minimum atomic E-state index is -0.0897. The second kappa shape index (κ2) is 8.13. The van der Waals surface area contributed by atoms with E-state index in [4.69, 9.17) is 0 Å². The summed E-state index contributed by atoms with van der Waals surface area (Å²) < 4.78 is 0. The molecule has 1 N–H and O–H groups in total. The maximum Gasteiger partial charge on any atom is 0.0564 e. The van der Waals surface area contributed by atoms with Gasteiger partial charge in [0.1, 0.15) is 0 Å². The predicted octanol–water partition coefficient (Wildman–Crippen LogP) is 2.18. The summed E-state index contributed by atoms with van der Waals surface area (Å²) in [7, 11) is 0. The molecule has 0 aromatic heterocycles. The number of aliphatic hydroxyl groups excluding tert-OH is 1. The number of aliphatic hydroxyl groups is 1. The summed E-state index contributed by atoms with van der Waals surface area (Å²) in [6.45, 7) is 11.2. The Hall–Kier alpha value is -1.10. The van der Waals surface area contributed by atoms with Gasteiger partial charge in [-0.2, -0.15) is 0 Å². The zero-order valence-electron chi connectivity index (χ0n) is 14.5. The van der Waals surface area contributed by atoms with Gasteiger partial charge in [0.2, 0.25) is 0 Å². The molecule has 3 rings (SSSR count). The maximum atomic E-state index is 9.68. The number of rotatable bonds is 5. The molecule has 1 aromatic rings. The zero-order valence-corrected chi connectivity index (χ0v) is 14.5. The first-order valence-electron chi connectivity index (χ1n) is 9.22. The summed E-state index contributed by atoms with van der Waals surface area (Å²) in [6.07, 6.45) is 2.99. The molecule has 128 valence electrons. The molecule has 0 bridgehead atoms. The molecular weight excluding hydrogens is 286 g/mol. The smallest absolute Gasteiger partial charge is 0.0564 e. The highest BCUT2D eigenvalue weighted by Crippen LogP contribution is 2.24. The highest BCUT2D eigenvalue weighted by molar-refractivity contribution is 5.54. The Morgan fingerprint density at radius 2 is 1.65 bits per heavy atom. The Bertz CT molecular complexity index is 477. The van der Waals surface area contributed by atoms with Crippen molar-refractivity contribution in [3.63, 3.8) is 0 Å². The van der Waals surface area contributed by atoms with Crippen LogP contribution >= 0.6 is 0 Å². The van der Waals surface area contributed by atoms with E-state index in [1.165, 1.54) is 37.3 Å². The summed E-state index contributed by atoms with van der Waals surface area (Å²) in [5, 5.41) is 9.68. The van der Waals surface area contributed by atoms with Crippen molar-refractivity contribution in [2.45, 2.75) is 38.8 Å². The Kier molecular flexibility index (Phi) is 5.92. The van der Waals surface area contributed by atoms with Crippen LogP contribution in [0.1, 0.15) is 31.7 Å². The first kappa shape index (κ1) is 16.7. The average Bonchev–Trinajstić information content (AvgIpc) is 2.59. The van der Waals surface area contributed by atoms with E-state index >= 15 is 0 Å². The van der Waals surface area contributed by atoms with Gasteiger partial charge in [-0.05, 0) is 37.4 Å². The van der Waals surface area contributed by atoms with E-state index in [0.29, 0.717) is 0 Å². The number of piperazine rings is 1. The van der Waals surface area contributed by atoms with Crippen LogP contribution in [0.3, 0.4) is 0 Å². The largest absolute Gasteiger partial charge is 0.393 e. The Morgan fingerprint density at radius 3 is 2.35 bits per heavy atom. The number of nitrogens with zero attached hydrogens (tertiary/aromatic N) is 3. The number of likely N-dealkylation sites (tertiary alicyclic amines) is 1. The van der Waals surface area contributed by atoms with Crippen LogP contribution in [0.5, 0.6) is 0 Å². The lowest BCUT2D eigenvalue weighted by atomic mass is 10.1. The molecule has 0 saturated carbocycles. The number of piperidine rings is 1. The van der Waals surface area contributed by atoms with Crippen molar-refractivity contribution in [3.05, 3.63) is 29.8 Å². The van der Waals surface area contributed by atoms with Crippen LogP contribution in [0.4, 0.5) is 5.69 Å². The molecule has 2 aliphatic rings. The molecule has 4 nitrogen and oxygen atoms in total. The van der Waals surface area contributed by atoms with E-state index < -0.39 is 0 Å². The van der Waals surface area contributed by atoms with Crippen LogP contribution in [-0.2, 0) is 6.54 Å². The molecule has 2 fully saturated rings. The normalized spacial score (nSPS) is 21.7. The molecular formula is C19H31N3O. The monoisotopic (exact) mass is 317 g/mol. The predicted molar refractivity (Wildman–Crippen MR) is 95.9 cm³/mol. The summed E-state index contributed by atoms with van der Waals surface area (Å²) in [5.41, 5.74) is 2.85. The average molecular weight is 317 g/mol. The van der Waals surface area contributed by atoms with Gasteiger partial charge >= 0.3 is 0 Å². The highest BCUT2D eigenvalue weighted by Gasteiger charge is 2.21. The van der Waals surface area contributed by atoms with Crippen molar-refractivity contribution in [2.24, 2.45) is 0 Å². The van der Waals surface area contributed by atoms with Gasteiger partial charge in [0.25, 0.3) is 0 Å². The van der Waals surface area contributed by atoms with Crippen molar-refractivity contribution in [3.8, 4) is 0 Å². The van der Waals surface area contributed by atoms with E-state index in [2.05, 4.69) is 45.9 Å². The second-order valence-corrected chi connectivity index (χ2v) is 6.96. The lowest BCUT2D eigenvalue weighted by Gasteiger charge is -2.37. The number of para-hydroxylation sites is 1. The molecule has 0 radical (unpaired) electrons. The minimum absolute atomic E-state index is 0.0897. The number of benzene rings is 1. The summed E-state index contributed by atoms with van der Waals surface area (Å²) >= 11 is 0. The van der Waals surface area contributed by atoms with E-state index in [-0.39, 0.29) is 6.10 Å². The lowest BCUT2D eigenvalue weighted by Crippen LogP contribution is -2.47. The van der Waals surface area contributed by atoms with Gasteiger partial charge in [-0.15, -0.1) is 0 Å². The van der Waals surface area contributed by atoms with Crippen LogP contribution in [0.2, 0.25) is 0 Å². The standard InChI is InChI=1S/C19H31N3O/c1-2-9-20-12-14-22(15-13-20)19-6-4-3-5-17(19)16-21-10-7-18(23)8-11-21/h3-6,18,23H,2,7-16H2,1H3. The van der Waals surface area contributed by atoms with Gasteiger partial charge < -0.3 is 10.0 Å². The summed E-state index contributed by atoms with van der Waals surface area (Å²) in [4.78, 5) is 7.62. The highest BCUT2D eigenvalue weighted by atomic mass is 16.3. The van der Waals surface area contributed by atoms with Gasteiger partial charge in [-0.25, -0.2) is 0 Å². The fourth-order valence-electron chi connectivity index (χ4n) is 3.80. The molecule has 1 aromatic carbocycles. The fraction of sp³-hybridized carbons (Fsp3) is 0.684. The van der Waals surface area contributed by atoms with Crippen molar-refractivity contribution in [2.75, 3.05) is 50.7 Å². The molecule has 2 aliphatic heterocycles. The Morgan fingerprint density at radius 1 is 0.957 bits per heavy atom. The first-order valence-corrected chi connectivity index (χ1v) is 9.22. The fourth-order valence-corrected chi connectivity index (χ4v) is 3.80. The van der Waals surface area contributed by atoms with Crippen LogP contribution in [-0.4, -0.2) is 66.8 Å². The van der Waals surface area contributed by atoms with E-state index in [1.54, 1.807) is 0 Å². The number of hydrogen-bond donors (Lipinski definition) is 1. The summed E-state index contributed by atoms with van der Waals surface area (Å²) in [5.74, 6) is 0. The zero-order chi connectivity index (χ0) is 16.1. The quantitative estimate of drug-likeness (QED) is 0.901.